The van der Waals surface area contributed by atoms with Gasteiger partial charge in [0, 0.05) is 36.2 Å². The van der Waals surface area contributed by atoms with Crippen LogP contribution in [0, 0.1) is 13.8 Å². The van der Waals surface area contributed by atoms with E-state index in [2.05, 4.69) is 36.4 Å². The number of nitrogens with zero attached hydrogens (tertiary/aromatic N) is 2. The van der Waals surface area contributed by atoms with E-state index in [0.717, 1.165) is 36.2 Å². The molecule has 0 bridgehead atoms. The molecule has 0 amide bonds. The predicted octanol–water partition coefficient (Wildman–Crippen LogP) is 2.75. The van der Waals surface area contributed by atoms with Gasteiger partial charge in [-0.15, -0.1) is 11.3 Å². The maximum atomic E-state index is 4.72. The third-order valence-electron chi connectivity index (χ3n) is 3.45. The largest absolute Gasteiger partial charge is 0.357 e. The molecule has 118 valence electrons. The maximum absolute atomic E-state index is 4.72. The summed E-state index contributed by atoms with van der Waals surface area (Å²) in [6.45, 7) is 7.99. The monoisotopic (exact) mass is 326 g/mol. The van der Waals surface area contributed by atoms with E-state index in [0.29, 0.717) is 6.04 Å². The van der Waals surface area contributed by atoms with Crippen molar-refractivity contribution in [2.75, 3.05) is 24.6 Å². The number of thioether (sulfide) groups is 1. The van der Waals surface area contributed by atoms with Crippen molar-refractivity contribution < 1.29 is 0 Å². The van der Waals surface area contributed by atoms with Crippen LogP contribution >= 0.6 is 23.1 Å². The van der Waals surface area contributed by atoms with Gasteiger partial charge in [0.2, 0.25) is 0 Å². The summed E-state index contributed by atoms with van der Waals surface area (Å²) in [5, 5.41) is 8.07. The lowest BCUT2D eigenvalue weighted by atomic mass is 10.2. The Morgan fingerprint density at radius 2 is 2.29 bits per heavy atom. The molecule has 0 saturated carbocycles. The molecule has 1 unspecified atom stereocenters. The van der Waals surface area contributed by atoms with Gasteiger partial charge in [0.1, 0.15) is 0 Å². The van der Waals surface area contributed by atoms with Crippen LogP contribution in [0.25, 0.3) is 0 Å². The van der Waals surface area contributed by atoms with Crippen LogP contribution in [-0.4, -0.2) is 41.6 Å². The van der Waals surface area contributed by atoms with Gasteiger partial charge in [0.15, 0.2) is 5.96 Å². The van der Waals surface area contributed by atoms with Crippen molar-refractivity contribution in [1.82, 2.24) is 15.6 Å². The molecule has 1 fully saturated rings. The van der Waals surface area contributed by atoms with Crippen LogP contribution in [-0.2, 0) is 6.42 Å². The van der Waals surface area contributed by atoms with Crippen molar-refractivity contribution >= 4 is 29.1 Å². The normalized spacial score (nSPS) is 19.6. The van der Waals surface area contributed by atoms with Crippen molar-refractivity contribution in [3.8, 4) is 0 Å². The molecule has 1 aromatic rings. The number of thiazole rings is 1. The molecule has 2 N–H and O–H groups in total. The molecule has 21 heavy (non-hydrogen) atoms. The minimum Gasteiger partial charge on any atom is -0.357 e. The predicted molar refractivity (Wildman–Crippen MR) is 94.8 cm³/mol. The van der Waals surface area contributed by atoms with Gasteiger partial charge < -0.3 is 10.6 Å². The van der Waals surface area contributed by atoms with E-state index in [1.54, 1.807) is 11.3 Å². The minimum atomic E-state index is 0.564. The number of nitrogens with one attached hydrogen (secondary N) is 2. The quantitative estimate of drug-likeness (QED) is 0.645. The Labute approximate surface area is 136 Å². The zero-order valence-electron chi connectivity index (χ0n) is 13.2. The molecule has 1 atom stereocenters. The van der Waals surface area contributed by atoms with E-state index >= 15 is 0 Å². The number of aryl methyl sites for hydroxylation is 2. The van der Waals surface area contributed by atoms with Gasteiger partial charge in [-0.25, -0.2) is 4.98 Å². The number of guanidine groups is 1. The zero-order valence-corrected chi connectivity index (χ0v) is 14.9. The van der Waals surface area contributed by atoms with E-state index in [1.807, 2.05) is 11.8 Å². The Kier molecular flexibility index (Phi) is 6.83. The van der Waals surface area contributed by atoms with Gasteiger partial charge in [-0.3, -0.25) is 4.99 Å². The third kappa shape index (κ3) is 5.51. The summed E-state index contributed by atoms with van der Waals surface area (Å²) in [7, 11) is 0. The van der Waals surface area contributed by atoms with Gasteiger partial charge in [-0.05, 0) is 39.4 Å². The maximum Gasteiger partial charge on any atom is 0.191 e. The molecule has 0 spiro atoms. The zero-order chi connectivity index (χ0) is 15.1. The first-order chi connectivity index (χ1) is 10.2. The molecule has 0 aliphatic carbocycles. The van der Waals surface area contributed by atoms with Gasteiger partial charge in [-0.1, -0.05) is 0 Å². The standard InChI is InChI=1S/C15H26N4S2/c1-4-16-15(19-13-6-5-9-20-10-13)17-8-7-14-11(2)18-12(3)21-14/h13H,4-10H2,1-3H3,(H2,16,17,19). The molecule has 0 aromatic carbocycles. The molecule has 1 aromatic heterocycles. The molecule has 2 rings (SSSR count). The van der Waals surface area contributed by atoms with E-state index in [4.69, 9.17) is 4.99 Å². The lowest BCUT2D eigenvalue weighted by Gasteiger charge is -2.24. The first-order valence-corrected chi connectivity index (χ1v) is 9.71. The highest BCUT2D eigenvalue weighted by molar-refractivity contribution is 7.99. The van der Waals surface area contributed by atoms with Crippen molar-refractivity contribution in [2.45, 2.75) is 46.1 Å². The van der Waals surface area contributed by atoms with Crippen LogP contribution in [0.1, 0.15) is 35.3 Å². The number of aromatic nitrogens is 1. The highest BCUT2D eigenvalue weighted by Gasteiger charge is 2.14. The fourth-order valence-electron chi connectivity index (χ4n) is 2.44. The Bertz CT molecular complexity index is 464. The number of aliphatic imine (C=N–C) groups is 1. The van der Waals surface area contributed by atoms with Crippen LogP contribution in [0.3, 0.4) is 0 Å². The Hall–Kier alpha value is -0.750. The average molecular weight is 327 g/mol. The molecule has 6 heteroatoms. The first-order valence-electron chi connectivity index (χ1n) is 7.74. The number of hydrogen-bond acceptors (Lipinski definition) is 4. The Balaban J connectivity index is 1.86. The lowest BCUT2D eigenvalue weighted by molar-refractivity contribution is 0.582. The second-order valence-electron chi connectivity index (χ2n) is 5.31. The molecular formula is C15H26N4S2. The van der Waals surface area contributed by atoms with Gasteiger partial charge in [0.25, 0.3) is 0 Å². The summed E-state index contributed by atoms with van der Waals surface area (Å²) < 4.78 is 0. The van der Waals surface area contributed by atoms with Crippen molar-refractivity contribution in [1.29, 1.82) is 0 Å². The van der Waals surface area contributed by atoms with Crippen LogP contribution in [0.2, 0.25) is 0 Å². The van der Waals surface area contributed by atoms with Crippen LogP contribution in [0.5, 0.6) is 0 Å². The molecule has 1 aliphatic heterocycles. The molecule has 0 radical (unpaired) electrons. The van der Waals surface area contributed by atoms with Crippen molar-refractivity contribution in [3.63, 3.8) is 0 Å². The van der Waals surface area contributed by atoms with Crippen molar-refractivity contribution in [3.05, 3.63) is 15.6 Å². The second kappa shape index (κ2) is 8.63. The topological polar surface area (TPSA) is 49.3 Å². The summed E-state index contributed by atoms with van der Waals surface area (Å²) in [6, 6.07) is 0.564. The Morgan fingerprint density at radius 3 is 2.90 bits per heavy atom. The molecule has 1 aliphatic rings. The third-order valence-corrected chi connectivity index (χ3v) is 5.80. The Morgan fingerprint density at radius 1 is 1.43 bits per heavy atom. The number of rotatable bonds is 5. The SMILES string of the molecule is CCNC(=NCCc1sc(C)nc1C)NC1CCCSC1. The van der Waals surface area contributed by atoms with E-state index < -0.39 is 0 Å². The van der Waals surface area contributed by atoms with Gasteiger partial charge in [0.05, 0.1) is 10.7 Å². The fourth-order valence-corrected chi connectivity index (χ4v) is 4.44. The first kappa shape index (κ1) is 16.6. The summed E-state index contributed by atoms with van der Waals surface area (Å²) >= 11 is 3.83. The minimum absolute atomic E-state index is 0.564. The molecule has 2 heterocycles. The summed E-state index contributed by atoms with van der Waals surface area (Å²) in [5.41, 5.74) is 1.16. The van der Waals surface area contributed by atoms with Crippen molar-refractivity contribution in [2.24, 2.45) is 4.99 Å². The van der Waals surface area contributed by atoms with E-state index in [-0.39, 0.29) is 0 Å². The summed E-state index contributed by atoms with van der Waals surface area (Å²) in [6.07, 6.45) is 3.54. The molecular weight excluding hydrogens is 300 g/mol. The van der Waals surface area contributed by atoms with Gasteiger partial charge in [-0.2, -0.15) is 11.8 Å². The van der Waals surface area contributed by atoms with Crippen LogP contribution in [0.15, 0.2) is 4.99 Å². The lowest BCUT2D eigenvalue weighted by Crippen LogP contribution is -2.45. The highest BCUT2D eigenvalue weighted by Crippen LogP contribution is 2.18. The van der Waals surface area contributed by atoms with Gasteiger partial charge >= 0.3 is 0 Å². The van der Waals surface area contributed by atoms with Crippen LogP contribution in [0.4, 0.5) is 0 Å². The van der Waals surface area contributed by atoms with E-state index in [1.165, 1.54) is 29.2 Å². The van der Waals surface area contributed by atoms with E-state index in [9.17, 15) is 0 Å². The summed E-state index contributed by atoms with van der Waals surface area (Å²) in [4.78, 5) is 10.6. The summed E-state index contributed by atoms with van der Waals surface area (Å²) in [5.74, 6) is 3.46. The fraction of sp³-hybridized carbons (Fsp3) is 0.733. The second-order valence-corrected chi connectivity index (χ2v) is 7.75. The highest BCUT2D eigenvalue weighted by atomic mass is 32.2. The average Bonchev–Trinajstić information content (AvgIpc) is 2.78. The molecule has 1 saturated heterocycles. The number of hydrogen-bond donors (Lipinski definition) is 2. The smallest absolute Gasteiger partial charge is 0.191 e. The van der Waals surface area contributed by atoms with Crippen LogP contribution < -0.4 is 10.6 Å². The molecule has 4 nitrogen and oxygen atoms in total.